The van der Waals surface area contributed by atoms with Gasteiger partial charge in [0, 0.05) is 23.6 Å². The van der Waals surface area contributed by atoms with Crippen LogP contribution in [0.15, 0.2) is 52.3 Å². The fourth-order valence-electron chi connectivity index (χ4n) is 3.68. The van der Waals surface area contributed by atoms with Gasteiger partial charge >= 0.3 is 0 Å². The van der Waals surface area contributed by atoms with Crippen molar-refractivity contribution < 1.29 is 12.8 Å². The van der Waals surface area contributed by atoms with Gasteiger partial charge in [0.25, 0.3) is 0 Å². The Morgan fingerprint density at radius 3 is 2.54 bits per heavy atom. The van der Waals surface area contributed by atoms with Gasteiger partial charge in [-0.15, -0.1) is 0 Å². The molecule has 0 aliphatic heterocycles. The van der Waals surface area contributed by atoms with E-state index in [1.807, 2.05) is 13.1 Å². The van der Waals surface area contributed by atoms with Crippen molar-refractivity contribution in [3.05, 3.63) is 59.5 Å². The third kappa shape index (κ3) is 2.26. The number of nitrogens with zero attached hydrogens (tertiary/aromatic N) is 1. The summed E-state index contributed by atoms with van der Waals surface area (Å²) in [5, 5.41) is 1.00. The topological polar surface area (TPSA) is 39.1 Å². The highest BCUT2D eigenvalue weighted by Gasteiger charge is 2.22. The summed E-state index contributed by atoms with van der Waals surface area (Å²) in [5.41, 5.74) is 3.62. The fraction of sp³-hybridized carbons (Fsp3) is 0.263. The third-order valence-electron chi connectivity index (χ3n) is 4.91. The average Bonchev–Trinajstić information content (AvgIpc) is 2.88. The van der Waals surface area contributed by atoms with Gasteiger partial charge in [0.15, 0.2) is 0 Å². The Hall–Kier alpha value is -2.14. The smallest absolute Gasteiger partial charge is 0.206 e. The second-order valence-corrected chi connectivity index (χ2v) is 8.28. The summed E-state index contributed by atoms with van der Waals surface area (Å²) in [6.45, 7) is 0. The Bertz CT molecular complexity index is 1050. The van der Waals surface area contributed by atoms with E-state index in [9.17, 15) is 12.8 Å². The third-order valence-corrected chi connectivity index (χ3v) is 6.66. The summed E-state index contributed by atoms with van der Waals surface area (Å²) in [4.78, 5) is 0.214. The summed E-state index contributed by atoms with van der Waals surface area (Å²) >= 11 is 0. The molecule has 1 aliphatic rings. The van der Waals surface area contributed by atoms with Crippen molar-refractivity contribution in [2.75, 3.05) is 0 Å². The maximum absolute atomic E-state index is 13.4. The molecule has 1 aliphatic carbocycles. The molecule has 3 aromatic rings. The number of aromatic nitrogens is 1. The van der Waals surface area contributed by atoms with Crippen LogP contribution >= 0.6 is 0 Å². The molecule has 0 atom stereocenters. The minimum Gasteiger partial charge on any atom is -0.347 e. The molecule has 0 spiro atoms. The highest BCUT2D eigenvalue weighted by Crippen LogP contribution is 2.34. The summed E-state index contributed by atoms with van der Waals surface area (Å²) < 4.78 is 41.3. The number of aryl methyl sites for hydroxylation is 2. The maximum atomic E-state index is 13.4. The fourth-order valence-corrected chi connectivity index (χ4v) is 5.00. The van der Waals surface area contributed by atoms with E-state index in [0.717, 1.165) is 36.2 Å². The summed E-state index contributed by atoms with van der Waals surface area (Å²) in [7, 11) is -1.68. The van der Waals surface area contributed by atoms with E-state index in [0.29, 0.717) is 0 Å². The van der Waals surface area contributed by atoms with Crippen LogP contribution in [0.2, 0.25) is 0 Å². The lowest BCUT2D eigenvalue weighted by molar-refractivity contribution is 0.591. The van der Waals surface area contributed by atoms with Crippen LogP contribution in [0.1, 0.15) is 24.1 Å². The van der Waals surface area contributed by atoms with Crippen LogP contribution in [-0.4, -0.2) is 13.0 Å². The number of hydrogen-bond donors (Lipinski definition) is 0. The van der Waals surface area contributed by atoms with Crippen LogP contribution in [0, 0.1) is 5.82 Å². The zero-order valence-corrected chi connectivity index (χ0v) is 14.2. The van der Waals surface area contributed by atoms with Crippen molar-refractivity contribution in [1.29, 1.82) is 0 Å². The quantitative estimate of drug-likeness (QED) is 0.705. The van der Waals surface area contributed by atoms with Crippen LogP contribution in [-0.2, 0) is 29.7 Å². The molecule has 5 heteroatoms. The van der Waals surface area contributed by atoms with Gasteiger partial charge in [-0.1, -0.05) is 6.07 Å². The van der Waals surface area contributed by atoms with Crippen molar-refractivity contribution in [3.63, 3.8) is 0 Å². The first-order valence-electron chi connectivity index (χ1n) is 8.09. The Morgan fingerprint density at radius 2 is 1.75 bits per heavy atom. The Kier molecular flexibility index (Phi) is 3.49. The van der Waals surface area contributed by atoms with Gasteiger partial charge in [-0.2, -0.15) is 0 Å². The lowest BCUT2D eigenvalue weighted by Crippen LogP contribution is -2.04. The second-order valence-electron chi connectivity index (χ2n) is 6.33. The minimum atomic E-state index is -3.72. The predicted molar refractivity (Wildman–Crippen MR) is 91.4 cm³/mol. The number of halogens is 1. The number of rotatable bonds is 2. The maximum Gasteiger partial charge on any atom is 0.206 e. The molecule has 3 nitrogen and oxygen atoms in total. The van der Waals surface area contributed by atoms with E-state index in [4.69, 9.17) is 0 Å². The molecule has 0 bridgehead atoms. The highest BCUT2D eigenvalue weighted by molar-refractivity contribution is 7.91. The molecule has 2 aromatic carbocycles. The van der Waals surface area contributed by atoms with E-state index >= 15 is 0 Å². The van der Waals surface area contributed by atoms with Crippen LogP contribution in [0.5, 0.6) is 0 Å². The lowest BCUT2D eigenvalue weighted by Gasteiger charge is -2.13. The van der Waals surface area contributed by atoms with Crippen molar-refractivity contribution in [2.24, 2.45) is 7.05 Å². The molecule has 1 heterocycles. The molecule has 0 saturated heterocycles. The standard InChI is InChI=1S/C19H18FNO2S/c1-21-18-8-3-2-7-16(18)17-12-15(9-10-19(17)21)24(22,23)14-6-4-5-13(20)11-14/h4-6,9-12H,2-3,7-8H2,1H3. The summed E-state index contributed by atoms with van der Waals surface area (Å²) in [5.74, 6) is -0.547. The molecular formula is C19H18FNO2S. The van der Waals surface area contributed by atoms with E-state index in [1.165, 1.54) is 35.9 Å². The number of benzene rings is 2. The molecule has 0 N–H and O–H groups in total. The molecule has 0 fully saturated rings. The van der Waals surface area contributed by atoms with Gasteiger partial charge in [-0.05, 0) is 67.6 Å². The lowest BCUT2D eigenvalue weighted by atomic mass is 9.96. The molecule has 4 rings (SSSR count). The normalized spacial score (nSPS) is 14.8. The Labute approximate surface area is 140 Å². The van der Waals surface area contributed by atoms with Crippen molar-refractivity contribution in [1.82, 2.24) is 4.57 Å². The molecule has 124 valence electrons. The summed E-state index contributed by atoms with van der Waals surface area (Å²) in [6, 6.07) is 10.4. The van der Waals surface area contributed by atoms with Gasteiger partial charge in [0.05, 0.1) is 9.79 Å². The van der Waals surface area contributed by atoms with Crippen molar-refractivity contribution in [3.8, 4) is 0 Å². The van der Waals surface area contributed by atoms with Crippen LogP contribution < -0.4 is 0 Å². The minimum absolute atomic E-state index is 0.00773. The Morgan fingerprint density at radius 1 is 1.00 bits per heavy atom. The SMILES string of the molecule is Cn1c2c(c3cc(S(=O)(=O)c4cccc(F)c4)ccc31)CCCC2. The largest absolute Gasteiger partial charge is 0.347 e. The van der Waals surface area contributed by atoms with Crippen molar-refractivity contribution in [2.45, 2.75) is 35.5 Å². The molecular weight excluding hydrogens is 325 g/mol. The van der Waals surface area contributed by atoms with Gasteiger partial charge in [0.1, 0.15) is 5.82 Å². The summed E-state index contributed by atoms with van der Waals surface area (Å²) in [6.07, 6.45) is 4.32. The van der Waals surface area contributed by atoms with Gasteiger partial charge < -0.3 is 4.57 Å². The monoisotopic (exact) mass is 343 g/mol. The van der Waals surface area contributed by atoms with Gasteiger partial charge in [-0.25, -0.2) is 12.8 Å². The first kappa shape index (κ1) is 15.4. The van der Waals surface area contributed by atoms with Crippen LogP contribution in [0.4, 0.5) is 4.39 Å². The zero-order chi connectivity index (χ0) is 16.9. The second kappa shape index (κ2) is 5.45. The van der Waals surface area contributed by atoms with Crippen LogP contribution in [0.3, 0.4) is 0 Å². The van der Waals surface area contributed by atoms with E-state index < -0.39 is 15.7 Å². The van der Waals surface area contributed by atoms with Crippen LogP contribution in [0.25, 0.3) is 10.9 Å². The zero-order valence-electron chi connectivity index (χ0n) is 13.4. The van der Waals surface area contributed by atoms with Gasteiger partial charge in [-0.3, -0.25) is 0 Å². The number of sulfone groups is 1. The number of fused-ring (bicyclic) bond motifs is 3. The van der Waals surface area contributed by atoms with Gasteiger partial charge in [0.2, 0.25) is 9.84 Å². The van der Waals surface area contributed by atoms with E-state index in [-0.39, 0.29) is 9.79 Å². The van der Waals surface area contributed by atoms with Crippen molar-refractivity contribution >= 4 is 20.7 Å². The first-order valence-corrected chi connectivity index (χ1v) is 9.57. The molecule has 0 saturated carbocycles. The van der Waals surface area contributed by atoms with E-state index in [2.05, 4.69) is 4.57 Å². The molecule has 0 amide bonds. The molecule has 1 aromatic heterocycles. The highest BCUT2D eigenvalue weighted by atomic mass is 32.2. The van der Waals surface area contributed by atoms with E-state index in [1.54, 1.807) is 12.1 Å². The molecule has 0 unspecified atom stereocenters. The number of hydrogen-bond acceptors (Lipinski definition) is 2. The first-order chi connectivity index (χ1) is 11.5. The molecule has 24 heavy (non-hydrogen) atoms. The Balaban J connectivity index is 1.92. The molecule has 0 radical (unpaired) electrons. The average molecular weight is 343 g/mol. The predicted octanol–water partition coefficient (Wildman–Crippen LogP) is 4.03.